The van der Waals surface area contributed by atoms with Crippen LogP contribution in [0, 0.1) is 0 Å². The van der Waals surface area contributed by atoms with Crippen LogP contribution >= 0.6 is 12.4 Å². The highest BCUT2D eigenvalue weighted by Crippen LogP contribution is 2.47. The van der Waals surface area contributed by atoms with E-state index in [9.17, 15) is 0 Å². The molecule has 21 heavy (non-hydrogen) atoms. The zero-order chi connectivity index (χ0) is 13.6. The molecule has 1 unspecified atom stereocenters. The van der Waals surface area contributed by atoms with E-state index in [1.54, 1.807) is 5.56 Å². The van der Waals surface area contributed by atoms with Gasteiger partial charge in [0, 0.05) is 11.2 Å². The average Bonchev–Trinajstić information content (AvgIpc) is 2.47. The van der Waals surface area contributed by atoms with Crippen LogP contribution in [0.2, 0.25) is 0 Å². The third kappa shape index (κ3) is 2.42. The number of anilines is 1. The summed E-state index contributed by atoms with van der Waals surface area (Å²) in [5, 5.41) is 6.75. The highest BCUT2D eigenvalue weighted by atomic mass is 35.5. The predicted molar refractivity (Wildman–Crippen MR) is 93.7 cm³/mol. The second-order valence-electron chi connectivity index (χ2n) is 6.82. The monoisotopic (exact) mass is 301 g/mol. The second kappa shape index (κ2) is 5.53. The van der Waals surface area contributed by atoms with Gasteiger partial charge in [0.15, 0.2) is 0 Å². The molecule has 2 heteroatoms. The fourth-order valence-electron chi connectivity index (χ4n) is 4.52. The zero-order valence-electron chi connectivity index (χ0n) is 12.7. The maximum absolute atomic E-state index is 3.93. The number of benzene rings is 2. The maximum atomic E-state index is 3.93. The molecule has 1 aliphatic carbocycles. The number of hydrogen-bond donors (Lipinski definition) is 1. The van der Waals surface area contributed by atoms with Gasteiger partial charge in [0.05, 0.1) is 0 Å². The highest BCUT2D eigenvalue weighted by Gasteiger charge is 2.38. The van der Waals surface area contributed by atoms with Gasteiger partial charge in [-0.05, 0) is 47.6 Å². The molecular formula is C19H24ClN. The number of nitrogens with one attached hydrogen (secondary N) is 1. The van der Waals surface area contributed by atoms with Crippen molar-refractivity contribution in [2.24, 2.45) is 0 Å². The molecule has 2 aromatic carbocycles. The summed E-state index contributed by atoms with van der Waals surface area (Å²) in [5.41, 5.74) is 3.32. The molecule has 2 aromatic rings. The van der Waals surface area contributed by atoms with Crippen molar-refractivity contribution >= 4 is 28.9 Å². The summed E-state index contributed by atoms with van der Waals surface area (Å²) < 4.78 is 0. The Bertz CT molecular complexity index is 643. The van der Waals surface area contributed by atoms with Gasteiger partial charge < -0.3 is 5.32 Å². The van der Waals surface area contributed by atoms with Crippen LogP contribution in [0.3, 0.4) is 0 Å². The van der Waals surface area contributed by atoms with E-state index in [4.69, 9.17) is 0 Å². The van der Waals surface area contributed by atoms with Gasteiger partial charge in [-0.3, -0.25) is 0 Å². The van der Waals surface area contributed by atoms with Crippen molar-refractivity contribution in [3.63, 3.8) is 0 Å². The molecule has 2 aliphatic rings. The van der Waals surface area contributed by atoms with Crippen molar-refractivity contribution in [3.05, 3.63) is 42.0 Å². The van der Waals surface area contributed by atoms with Gasteiger partial charge in [-0.15, -0.1) is 12.4 Å². The lowest BCUT2D eigenvalue weighted by atomic mass is 9.71. The molecule has 1 N–H and O–H groups in total. The highest BCUT2D eigenvalue weighted by molar-refractivity contribution is 5.91. The van der Waals surface area contributed by atoms with Crippen molar-refractivity contribution in [3.8, 4) is 0 Å². The lowest BCUT2D eigenvalue weighted by Crippen LogP contribution is -2.44. The molecule has 4 rings (SSSR count). The fourth-order valence-corrected chi connectivity index (χ4v) is 4.52. The lowest BCUT2D eigenvalue weighted by molar-refractivity contribution is 0.282. The molecule has 1 heterocycles. The molecule has 0 aromatic heterocycles. The van der Waals surface area contributed by atoms with Crippen LogP contribution in [0.4, 0.5) is 5.69 Å². The molecule has 1 nitrogen and oxygen atoms in total. The molecule has 1 fully saturated rings. The van der Waals surface area contributed by atoms with Crippen LogP contribution in [0.15, 0.2) is 36.4 Å². The average molecular weight is 302 g/mol. The van der Waals surface area contributed by atoms with Crippen molar-refractivity contribution in [2.45, 2.75) is 56.9 Å². The Hall–Kier alpha value is -1.21. The Labute approximate surface area is 133 Å². The fraction of sp³-hybridized carbons (Fsp3) is 0.474. The molecule has 1 spiro atoms. The van der Waals surface area contributed by atoms with Gasteiger partial charge >= 0.3 is 0 Å². The standard InChI is InChI=1S/C19H23N.ClH/c1-14-13-19(11-5-2-6-12-19)20-17-10-9-15-7-3-4-8-16(15)18(14)17;/h3-4,7-10,14,20H,2,5-6,11-13H2,1H3;1H. The summed E-state index contributed by atoms with van der Waals surface area (Å²) in [7, 11) is 0. The van der Waals surface area contributed by atoms with E-state index < -0.39 is 0 Å². The summed E-state index contributed by atoms with van der Waals surface area (Å²) in [5.74, 6) is 0.662. The molecule has 1 atom stereocenters. The molecule has 1 saturated carbocycles. The van der Waals surface area contributed by atoms with Crippen molar-refractivity contribution < 1.29 is 0 Å². The van der Waals surface area contributed by atoms with Gasteiger partial charge in [-0.25, -0.2) is 0 Å². The molecule has 1 aliphatic heterocycles. The summed E-state index contributed by atoms with van der Waals surface area (Å²) in [6.45, 7) is 2.42. The smallest absolute Gasteiger partial charge is 0.0386 e. The van der Waals surface area contributed by atoms with E-state index in [1.807, 2.05) is 0 Å². The predicted octanol–water partition coefficient (Wildman–Crippen LogP) is 5.88. The summed E-state index contributed by atoms with van der Waals surface area (Å²) in [4.78, 5) is 0. The van der Waals surface area contributed by atoms with E-state index >= 15 is 0 Å². The second-order valence-corrected chi connectivity index (χ2v) is 6.82. The van der Waals surface area contributed by atoms with Gasteiger partial charge in [-0.1, -0.05) is 56.5 Å². The molecule has 112 valence electrons. The normalized spacial score (nSPS) is 23.2. The maximum Gasteiger partial charge on any atom is 0.0386 e. The number of halogens is 1. The Balaban J connectivity index is 0.00000132. The third-order valence-corrected chi connectivity index (χ3v) is 5.37. The molecule has 0 radical (unpaired) electrons. The van der Waals surface area contributed by atoms with Gasteiger partial charge in [0.25, 0.3) is 0 Å². The minimum absolute atomic E-state index is 0. The van der Waals surface area contributed by atoms with Crippen LogP contribution in [-0.2, 0) is 0 Å². The Kier molecular flexibility index (Phi) is 3.88. The van der Waals surface area contributed by atoms with Crippen molar-refractivity contribution in [2.75, 3.05) is 5.32 Å². The quantitative estimate of drug-likeness (QED) is 0.640. The molecule has 0 bridgehead atoms. The molecule has 0 saturated heterocycles. The summed E-state index contributed by atoms with van der Waals surface area (Å²) in [6, 6.07) is 13.4. The third-order valence-electron chi connectivity index (χ3n) is 5.37. The largest absolute Gasteiger partial charge is 0.379 e. The SMILES string of the molecule is CC1CC2(CCCCC2)Nc2ccc3ccccc3c21.Cl. The van der Waals surface area contributed by atoms with Crippen LogP contribution in [0.5, 0.6) is 0 Å². The van der Waals surface area contributed by atoms with Gasteiger partial charge in [-0.2, -0.15) is 0 Å². The number of fused-ring (bicyclic) bond motifs is 3. The van der Waals surface area contributed by atoms with Gasteiger partial charge in [0.1, 0.15) is 0 Å². The van der Waals surface area contributed by atoms with Crippen LogP contribution in [0.25, 0.3) is 10.8 Å². The van der Waals surface area contributed by atoms with Crippen molar-refractivity contribution in [1.29, 1.82) is 0 Å². The molecule has 0 amide bonds. The lowest BCUT2D eigenvalue weighted by Gasteiger charge is -2.45. The van der Waals surface area contributed by atoms with E-state index in [0.717, 1.165) is 0 Å². The first-order chi connectivity index (χ1) is 9.77. The van der Waals surface area contributed by atoms with Gasteiger partial charge in [0.2, 0.25) is 0 Å². The first-order valence-electron chi connectivity index (χ1n) is 8.07. The Morgan fingerprint density at radius 1 is 1.00 bits per heavy atom. The van der Waals surface area contributed by atoms with Crippen LogP contribution in [-0.4, -0.2) is 5.54 Å². The van der Waals surface area contributed by atoms with Crippen LogP contribution < -0.4 is 5.32 Å². The summed E-state index contributed by atoms with van der Waals surface area (Å²) in [6.07, 6.45) is 8.20. The van der Waals surface area contributed by atoms with E-state index in [2.05, 4.69) is 48.6 Å². The first kappa shape index (κ1) is 14.7. The zero-order valence-corrected chi connectivity index (χ0v) is 13.5. The minimum atomic E-state index is 0. The number of rotatable bonds is 0. The van der Waals surface area contributed by atoms with E-state index in [-0.39, 0.29) is 12.4 Å². The van der Waals surface area contributed by atoms with Crippen molar-refractivity contribution in [1.82, 2.24) is 0 Å². The first-order valence-corrected chi connectivity index (χ1v) is 8.07. The Morgan fingerprint density at radius 3 is 2.57 bits per heavy atom. The van der Waals surface area contributed by atoms with E-state index in [0.29, 0.717) is 11.5 Å². The van der Waals surface area contributed by atoms with E-state index in [1.165, 1.54) is 55.0 Å². The Morgan fingerprint density at radius 2 is 1.76 bits per heavy atom. The molecular weight excluding hydrogens is 278 g/mol. The summed E-state index contributed by atoms with van der Waals surface area (Å²) >= 11 is 0. The number of hydrogen-bond acceptors (Lipinski definition) is 1. The topological polar surface area (TPSA) is 12.0 Å². The van der Waals surface area contributed by atoms with Crippen LogP contribution in [0.1, 0.15) is 56.9 Å². The minimum Gasteiger partial charge on any atom is -0.379 e.